The molecule has 2 rings (SSSR count). The summed E-state index contributed by atoms with van der Waals surface area (Å²) in [7, 11) is 0. The highest BCUT2D eigenvalue weighted by Crippen LogP contribution is 2.31. The summed E-state index contributed by atoms with van der Waals surface area (Å²) in [6.45, 7) is 12.5. The largest absolute Gasteiger partial charge is 0.393 e. The molecule has 0 amide bonds. The summed E-state index contributed by atoms with van der Waals surface area (Å²) in [5.74, 6) is 0.395. The summed E-state index contributed by atoms with van der Waals surface area (Å²) in [6, 6.07) is 0.527. The summed E-state index contributed by atoms with van der Waals surface area (Å²) >= 11 is 0. The van der Waals surface area contributed by atoms with Crippen LogP contribution in [0.25, 0.3) is 0 Å². The molecule has 2 aliphatic rings. The van der Waals surface area contributed by atoms with Gasteiger partial charge in [0.05, 0.1) is 12.7 Å². The summed E-state index contributed by atoms with van der Waals surface area (Å²) < 4.78 is 5.67. The Morgan fingerprint density at radius 3 is 2.84 bits per heavy atom. The van der Waals surface area contributed by atoms with Gasteiger partial charge in [0.25, 0.3) is 0 Å². The molecule has 0 aromatic carbocycles. The lowest BCUT2D eigenvalue weighted by atomic mass is 9.84. The predicted octanol–water partition coefficient (Wildman–Crippen LogP) is 1.09. The summed E-state index contributed by atoms with van der Waals surface area (Å²) in [5, 5.41) is 13.4. The first kappa shape index (κ1) is 15.2. The fourth-order valence-corrected chi connectivity index (χ4v) is 3.23. The van der Waals surface area contributed by atoms with Gasteiger partial charge >= 0.3 is 0 Å². The first-order valence-electron chi connectivity index (χ1n) is 7.72. The van der Waals surface area contributed by atoms with E-state index in [1.807, 2.05) is 0 Å². The molecule has 3 atom stereocenters. The van der Waals surface area contributed by atoms with Crippen molar-refractivity contribution in [2.75, 3.05) is 39.4 Å². The number of hydrogen-bond donors (Lipinski definition) is 2. The summed E-state index contributed by atoms with van der Waals surface area (Å²) in [6.07, 6.45) is 1.95. The maximum absolute atomic E-state index is 9.83. The van der Waals surface area contributed by atoms with E-state index < -0.39 is 0 Å². The van der Waals surface area contributed by atoms with Gasteiger partial charge in [-0.2, -0.15) is 0 Å². The van der Waals surface area contributed by atoms with Gasteiger partial charge in [-0.25, -0.2) is 0 Å². The van der Waals surface area contributed by atoms with Crippen LogP contribution in [0.1, 0.15) is 33.6 Å². The van der Waals surface area contributed by atoms with Crippen molar-refractivity contribution >= 4 is 0 Å². The van der Waals surface area contributed by atoms with Gasteiger partial charge in [-0.05, 0) is 18.8 Å². The number of nitrogens with one attached hydrogen (secondary N) is 1. The second kappa shape index (κ2) is 6.53. The Morgan fingerprint density at radius 1 is 1.47 bits per heavy atom. The van der Waals surface area contributed by atoms with Crippen LogP contribution < -0.4 is 5.32 Å². The molecule has 0 aliphatic carbocycles. The zero-order valence-electron chi connectivity index (χ0n) is 12.7. The monoisotopic (exact) mass is 270 g/mol. The van der Waals surface area contributed by atoms with Gasteiger partial charge in [0.1, 0.15) is 0 Å². The molecule has 2 N–H and O–H groups in total. The van der Waals surface area contributed by atoms with Crippen molar-refractivity contribution in [2.45, 2.75) is 45.8 Å². The standard InChI is InChI=1S/C15H30N2O2/c1-12(2)16-9-15(5-7-19-11-15)10-17-6-4-14(18)13(3)8-17/h12-14,16,18H,4-11H2,1-3H3. The van der Waals surface area contributed by atoms with E-state index in [2.05, 4.69) is 31.0 Å². The summed E-state index contributed by atoms with van der Waals surface area (Å²) in [4.78, 5) is 2.52. The Morgan fingerprint density at radius 2 is 2.26 bits per heavy atom. The minimum atomic E-state index is -0.110. The van der Waals surface area contributed by atoms with Gasteiger partial charge in [0, 0.05) is 44.2 Å². The molecule has 112 valence electrons. The number of rotatable bonds is 5. The van der Waals surface area contributed by atoms with Crippen LogP contribution >= 0.6 is 0 Å². The van der Waals surface area contributed by atoms with Gasteiger partial charge < -0.3 is 20.1 Å². The van der Waals surface area contributed by atoms with Crippen LogP contribution in [-0.4, -0.2) is 61.5 Å². The number of hydrogen-bond acceptors (Lipinski definition) is 4. The molecule has 3 unspecified atom stereocenters. The van der Waals surface area contributed by atoms with E-state index in [0.29, 0.717) is 12.0 Å². The van der Waals surface area contributed by atoms with Crippen molar-refractivity contribution in [3.8, 4) is 0 Å². The maximum atomic E-state index is 9.83. The number of aliphatic hydroxyl groups is 1. The molecule has 2 saturated heterocycles. The van der Waals surface area contributed by atoms with Crippen LogP contribution in [0, 0.1) is 11.3 Å². The molecule has 4 heteroatoms. The molecule has 19 heavy (non-hydrogen) atoms. The van der Waals surface area contributed by atoms with Crippen molar-refractivity contribution in [2.24, 2.45) is 11.3 Å². The molecule has 0 aromatic rings. The molecule has 0 spiro atoms. The Bertz CT molecular complexity index is 277. The molecule has 2 aliphatic heterocycles. The molecular weight excluding hydrogens is 240 g/mol. The van der Waals surface area contributed by atoms with Crippen LogP contribution in [-0.2, 0) is 4.74 Å². The number of ether oxygens (including phenoxy) is 1. The lowest BCUT2D eigenvalue weighted by Gasteiger charge is -2.40. The zero-order chi connectivity index (χ0) is 13.9. The summed E-state index contributed by atoms with van der Waals surface area (Å²) in [5.41, 5.74) is 0.270. The van der Waals surface area contributed by atoms with Crippen LogP contribution in [0.5, 0.6) is 0 Å². The molecular formula is C15H30N2O2. The normalized spacial score (nSPS) is 37.1. The maximum Gasteiger partial charge on any atom is 0.0590 e. The first-order valence-corrected chi connectivity index (χ1v) is 7.72. The highest BCUT2D eigenvalue weighted by Gasteiger charge is 2.38. The van der Waals surface area contributed by atoms with Crippen molar-refractivity contribution in [3.63, 3.8) is 0 Å². The van der Waals surface area contributed by atoms with Gasteiger partial charge in [-0.3, -0.25) is 0 Å². The molecule has 4 nitrogen and oxygen atoms in total. The highest BCUT2D eigenvalue weighted by atomic mass is 16.5. The first-order chi connectivity index (χ1) is 9.01. The third kappa shape index (κ3) is 4.15. The third-order valence-electron chi connectivity index (χ3n) is 4.57. The quantitative estimate of drug-likeness (QED) is 0.785. The molecule has 0 aromatic heterocycles. The minimum Gasteiger partial charge on any atom is -0.393 e. The molecule has 0 saturated carbocycles. The van der Waals surface area contributed by atoms with Crippen molar-refractivity contribution in [1.82, 2.24) is 10.2 Å². The number of likely N-dealkylation sites (tertiary alicyclic amines) is 1. The second-order valence-electron chi connectivity index (χ2n) is 6.91. The molecule has 2 fully saturated rings. The SMILES string of the molecule is CC(C)NCC1(CN2CCC(O)C(C)C2)CCOC1. The van der Waals surface area contributed by atoms with Crippen LogP contribution in [0.15, 0.2) is 0 Å². The van der Waals surface area contributed by atoms with E-state index in [1.54, 1.807) is 0 Å². The molecule has 0 bridgehead atoms. The fraction of sp³-hybridized carbons (Fsp3) is 1.00. The van der Waals surface area contributed by atoms with Crippen LogP contribution in [0.4, 0.5) is 0 Å². The Hall–Kier alpha value is -0.160. The van der Waals surface area contributed by atoms with Gasteiger partial charge in [0.15, 0.2) is 0 Å². The molecule has 2 heterocycles. The zero-order valence-corrected chi connectivity index (χ0v) is 12.7. The van der Waals surface area contributed by atoms with Crippen LogP contribution in [0.2, 0.25) is 0 Å². The van der Waals surface area contributed by atoms with Gasteiger partial charge in [0.2, 0.25) is 0 Å². The second-order valence-corrected chi connectivity index (χ2v) is 6.91. The van der Waals surface area contributed by atoms with E-state index >= 15 is 0 Å². The van der Waals surface area contributed by atoms with Crippen molar-refractivity contribution in [3.05, 3.63) is 0 Å². The van der Waals surface area contributed by atoms with E-state index in [-0.39, 0.29) is 11.5 Å². The van der Waals surface area contributed by atoms with Crippen molar-refractivity contribution < 1.29 is 9.84 Å². The van der Waals surface area contributed by atoms with E-state index in [4.69, 9.17) is 4.74 Å². The average molecular weight is 270 g/mol. The molecule has 0 radical (unpaired) electrons. The topological polar surface area (TPSA) is 44.7 Å². The average Bonchev–Trinajstić information content (AvgIpc) is 2.81. The number of piperidine rings is 1. The Labute approximate surface area is 117 Å². The Balaban J connectivity index is 1.89. The lowest BCUT2D eigenvalue weighted by molar-refractivity contribution is 0.0134. The lowest BCUT2D eigenvalue weighted by Crippen LogP contribution is -2.50. The van der Waals surface area contributed by atoms with Gasteiger partial charge in [-0.1, -0.05) is 20.8 Å². The van der Waals surface area contributed by atoms with E-state index in [9.17, 15) is 5.11 Å². The third-order valence-corrected chi connectivity index (χ3v) is 4.57. The number of aliphatic hydroxyl groups excluding tert-OH is 1. The minimum absolute atomic E-state index is 0.110. The van der Waals surface area contributed by atoms with E-state index in [1.165, 1.54) is 0 Å². The Kier molecular flexibility index (Phi) is 5.23. The van der Waals surface area contributed by atoms with Gasteiger partial charge in [-0.15, -0.1) is 0 Å². The predicted molar refractivity (Wildman–Crippen MR) is 77.2 cm³/mol. The van der Waals surface area contributed by atoms with Crippen molar-refractivity contribution in [1.29, 1.82) is 0 Å². The fourth-order valence-electron chi connectivity index (χ4n) is 3.23. The number of nitrogens with zero attached hydrogens (tertiary/aromatic N) is 1. The van der Waals surface area contributed by atoms with Crippen LogP contribution in [0.3, 0.4) is 0 Å². The van der Waals surface area contributed by atoms with E-state index in [0.717, 1.165) is 52.2 Å². The highest BCUT2D eigenvalue weighted by molar-refractivity contribution is 4.91. The smallest absolute Gasteiger partial charge is 0.0590 e.